The molecule has 34 heavy (non-hydrogen) atoms. The van der Waals surface area contributed by atoms with Crippen LogP contribution in [0.2, 0.25) is 5.02 Å². The third kappa shape index (κ3) is 4.35. The molecule has 2 N–H and O–H groups in total. The highest BCUT2D eigenvalue weighted by atomic mass is 35.5. The van der Waals surface area contributed by atoms with Gasteiger partial charge in [-0.15, -0.1) is 0 Å². The van der Waals surface area contributed by atoms with Crippen molar-refractivity contribution < 1.29 is 14.3 Å². The van der Waals surface area contributed by atoms with Crippen molar-refractivity contribution in [2.75, 3.05) is 5.32 Å². The second-order valence-corrected chi connectivity index (χ2v) is 8.07. The van der Waals surface area contributed by atoms with Gasteiger partial charge in [0, 0.05) is 41.5 Å². The van der Waals surface area contributed by atoms with Crippen LogP contribution in [0.5, 0.6) is 0 Å². The molecule has 3 aromatic heterocycles. The van der Waals surface area contributed by atoms with Crippen LogP contribution in [0.25, 0.3) is 21.8 Å². The van der Waals surface area contributed by atoms with Gasteiger partial charge in [-0.3, -0.25) is 4.98 Å². The maximum Gasteiger partial charge on any atom is 0.335 e. The van der Waals surface area contributed by atoms with Gasteiger partial charge >= 0.3 is 5.97 Å². The summed E-state index contributed by atoms with van der Waals surface area (Å²) < 4.78 is 13.6. The van der Waals surface area contributed by atoms with E-state index >= 15 is 0 Å². The normalized spacial score (nSPS) is 11.1. The van der Waals surface area contributed by atoms with Crippen LogP contribution in [0.4, 0.5) is 15.9 Å². The fourth-order valence-electron chi connectivity index (χ4n) is 3.67. The van der Waals surface area contributed by atoms with Crippen LogP contribution in [-0.4, -0.2) is 31.0 Å². The maximum absolute atomic E-state index is 13.6. The summed E-state index contributed by atoms with van der Waals surface area (Å²) >= 11 is 5.94. The van der Waals surface area contributed by atoms with E-state index in [0.717, 1.165) is 17.4 Å². The molecule has 5 rings (SSSR count). The van der Waals surface area contributed by atoms with Gasteiger partial charge in [-0.05, 0) is 48.4 Å². The van der Waals surface area contributed by atoms with Crippen molar-refractivity contribution in [2.24, 2.45) is 0 Å². The third-order valence-corrected chi connectivity index (χ3v) is 5.66. The van der Waals surface area contributed by atoms with Gasteiger partial charge in [0.2, 0.25) is 0 Å². The van der Waals surface area contributed by atoms with Gasteiger partial charge in [0.15, 0.2) is 5.82 Å². The Labute approximate surface area is 198 Å². The van der Waals surface area contributed by atoms with Gasteiger partial charge in [-0.25, -0.2) is 24.1 Å². The number of nitrogens with one attached hydrogen (secondary N) is 1. The predicted octanol–water partition coefficient (Wildman–Crippen LogP) is 5.59. The number of carboxylic acid groups (broad SMARTS) is 1. The van der Waals surface area contributed by atoms with E-state index < -0.39 is 11.8 Å². The molecule has 9 heteroatoms. The molecule has 0 spiro atoms. The number of carbonyl (C=O) groups is 1. The van der Waals surface area contributed by atoms with E-state index in [2.05, 4.69) is 20.3 Å². The largest absolute Gasteiger partial charge is 0.478 e. The molecule has 0 amide bonds. The van der Waals surface area contributed by atoms with Crippen molar-refractivity contribution >= 4 is 50.9 Å². The molecule has 0 bridgehead atoms. The molecular formula is C25H17ClFN5O2. The Morgan fingerprint density at radius 1 is 1.03 bits per heavy atom. The second-order valence-electron chi connectivity index (χ2n) is 7.66. The minimum absolute atomic E-state index is 0.0324. The van der Waals surface area contributed by atoms with Crippen molar-refractivity contribution in [1.29, 1.82) is 0 Å². The smallest absolute Gasteiger partial charge is 0.335 e. The number of pyridine rings is 2. The highest BCUT2D eigenvalue weighted by molar-refractivity contribution is 6.31. The Bertz CT molecular complexity index is 1550. The monoisotopic (exact) mass is 473 g/mol. The molecule has 0 aliphatic heterocycles. The molecular weight excluding hydrogens is 457 g/mol. The van der Waals surface area contributed by atoms with Crippen LogP contribution >= 0.6 is 11.6 Å². The molecule has 2 aromatic carbocycles. The lowest BCUT2D eigenvalue weighted by atomic mass is 10.1. The topological polar surface area (TPSA) is 101 Å². The number of carboxylic acids is 1. The minimum atomic E-state index is -1.05. The van der Waals surface area contributed by atoms with Gasteiger partial charge < -0.3 is 10.4 Å². The summed E-state index contributed by atoms with van der Waals surface area (Å²) in [6, 6.07) is 12.8. The first-order valence-corrected chi connectivity index (χ1v) is 10.8. The van der Waals surface area contributed by atoms with Crippen LogP contribution < -0.4 is 5.32 Å². The molecule has 7 nitrogen and oxygen atoms in total. The number of hydrogen-bond donors (Lipinski definition) is 2. The van der Waals surface area contributed by atoms with Gasteiger partial charge in [0.25, 0.3) is 0 Å². The number of aromatic nitrogens is 4. The van der Waals surface area contributed by atoms with Crippen LogP contribution in [-0.2, 0) is 12.8 Å². The molecule has 0 saturated heterocycles. The second kappa shape index (κ2) is 8.99. The lowest BCUT2D eigenvalue weighted by Crippen LogP contribution is -2.04. The highest BCUT2D eigenvalue weighted by Crippen LogP contribution is 2.31. The first-order chi connectivity index (χ1) is 16.5. The average molecular weight is 474 g/mol. The quantitative estimate of drug-likeness (QED) is 0.310. The number of rotatable bonds is 6. The number of nitrogens with zero attached hydrogens (tertiary/aromatic N) is 4. The Morgan fingerprint density at radius 2 is 1.91 bits per heavy atom. The summed E-state index contributed by atoms with van der Waals surface area (Å²) in [5.41, 5.74) is 2.74. The van der Waals surface area contributed by atoms with E-state index in [-0.39, 0.29) is 10.6 Å². The van der Waals surface area contributed by atoms with Crippen molar-refractivity contribution in [1.82, 2.24) is 19.9 Å². The number of aromatic carboxylic acids is 1. The van der Waals surface area contributed by atoms with Crippen LogP contribution in [0, 0.1) is 5.82 Å². The van der Waals surface area contributed by atoms with E-state index in [4.69, 9.17) is 16.6 Å². The first kappa shape index (κ1) is 21.7. The van der Waals surface area contributed by atoms with Crippen molar-refractivity contribution in [3.8, 4) is 0 Å². The molecule has 0 aliphatic rings. The fraction of sp³-hybridized carbons (Fsp3) is 0.0800. The van der Waals surface area contributed by atoms with Gasteiger partial charge in [0.1, 0.15) is 17.2 Å². The van der Waals surface area contributed by atoms with E-state index in [1.165, 1.54) is 30.3 Å². The standard InChI is InChI=1S/C25H17ClFN5O2/c26-19-11-16(5-7-20(19)27)30-24-23-18(17-6-4-15(25(33)34)10-21(17)31-24)13-29-22(32-23)8-3-14-2-1-9-28-12-14/h1-2,4-7,9-13H,3,8H2,(H,30,31)(H,33,34). The molecule has 3 heterocycles. The Balaban J connectivity index is 1.62. The van der Waals surface area contributed by atoms with Crippen molar-refractivity contribution in [3.05, 3.63) is 94.9 Å². The molecule has 0 atom stereocenters. The number of anilines is 2. The SMILES string of the molecule is O=C(O)c1ccc2c(c1)nc(Nc1ccc(F)c(Cl)c1)c1nc(CCc3cccnc3)ncc12. The summed E-state index contributed by atoms with van der Waals surface area (Å²) in [6.45, 7) is 0. The Morgan fingerprint density at radius 3 is 2.68 bits per heavy atom. The van der Waals surface area contributed by atoms with E-state index in [1.807, 2.05) is 12.1 Å². The molecule has 168 valence electrons. The number of fused-ring (bicyclic) bond motifs is 3. The van der Waals surface area contributed by atoms with Crippen LogP contribution in [0.3, 0.4) is 0 Å². The van der Waals surface area contributed by atoms with Crippen LogP contribution in [0.15, 0.2) is 67.1 Å². The Hall–Kier alpha value is -4.17. The number of halogens is 2. The zero-order valence-corrected chi connectivity index (χ0v) is 18.4. The lowest BCUT2D eigenvalue weighted by Gasteiger charge is -2.13. The van der Waals surface area contributed by atoms with Gasteiger partial charge in [-0.2, -0.15) is 0 Å². The first-order valence-electron chi connectivity index (χ1n) is 10.4. The maximum atomic E-state index is 13.6. The molecule has 0 aliphatic carbocycles. The average Bonchev–Trinajstić information content (AvgIpc) is 2.85. The van der Waals surface area contributed by atoms with Crippen LogP contribution in [0.1, 0.15) is 21.7 Å². The fourth-order valence-corrected chi connectivity index (χ4v) is 3.86. The van der Waals surface area contributed by atoms with Gasteiger partial charge in [0.05, 0.1) is 16.1 Å². The van der Waals surface area contributed by atoms with E-state index in [0.29, 0.717) is 40.2 Å². The summed E-state index contributed by atoms with van der Waals surface area (Å²) in [7, 11) is 0. The van der Waals surface area contributed by atoms with Crippen molar-refractivity contribution in [3.63, 3.8) is 0 Å². The number of benzene rings is 2. The molecule has 0 saturated carbocycles. The third-order valence-electron chi connectivity index (χ3n) is 5.37. The number of hydrogen-bond acceptors (Lipinski definition) is 6. The van der Waals surface area contributed by atoms with E-state index in [9.17, 15) is 14.3 Å². The molecule has 0 radical (unpaired) electrons. The number of aryl methyl sites for hydroxylation is 2. The zero-order valence-electron chi connectivity index (χ0n) is 17.7. The molecule has 5 aromatic rings. The summed E-state index contributed by atoms with van der Waals surface area (Å²) in [5, 5.41) is 13.9. The van der Waals surface area contributed by atoms with Crippen molar-refractivity contribution in [2.45, 2.75) is 12.8 Å². The lowest BCUT2D eigenvalue weighted by molar-refractivity contribution is 0.0697. The highest BCUT2D eigenvalue weighted by Gasteiger charge is 2.15. The van der Waals surface area contributed by atoms with Gasteiger partial charge in [-0.1, -0.05) is 23.7 Å². The zero-order chi connectivity index (χ0) is 23.7. The summed E-state index contributed by atoms with van der Waals surface area (Å²) in [6.07, 6.45) is 6.57. The van der Waals surface area contributed by atoms with E-state index in [1.54, 1.807) is 24.7 Å². The minimum Gasteiger partial charge on any atom is -0.478 e. The molecule has 0 fully saturated rings. The predicted molar refractivity (Wildman–Crippen MR) is 128 cm³/mol. The molecule has 0 unspecified atom stereocenters. The Kier molecular flexibility index (Phi) is 5.73. The summed E-state index contributed by atoms with van der Waals surface area (Å²) in [5.74, 6) is -0.571. The summed E-state index contributed by atoms with van der Waals surface area (Å²) in [4.78, 5) is 29.5.